The number of urea groups is 1. The van der Waals surface area contributed by atoms with Crippen molar-refractivity contribution in [2.45, 2.75) is 50.8 Å². The smallest absolute Gasteiger partial charge is 0.332 e. The lowest BCUT2D eigenvalue weighted by Crippen LogP contribution is -2.41. The van der Waals surface area contributed by atoms with Crippen LogP contribution in [0.1, 0.15) is 40.0 Å². The van der Waals surface area contributed by atoms with Crippen molar-refractivity contribution >= 4 is 38.6 Å². The van der Waals surface area contributed by atoms with E-state index in [1.54, 1.807) is 43.9 Å². The fourth-order valence-corrected chi connectivity index (χ4v) is 8.18. The molecule has 0 bridgehead atoms. The molecule has 1 unspecified atom stereocenters. The van der Waals surface area contributed by atoms with Crippen LogP contribution in [-0.4, -0.2) is 51.5 Å². The third-order valence-electron chi connectivity index (χ3n) is 9.62. The lowest BCUT2D eigenvalue weighted by Gasteiger charge is -2.31. The molecule has 10 nitrogen and oxygen atoms in total. The highest BCUT2D eigenvalue weighted by Crippen LogP contribution is 2.42. The van der Waals surface area contributed by atoms with Crippen molar-refractivity contribution in [2.24, 2.45) is 5.92 Å². The number of amides is 3. The van der Waals surface area contributed by atoms with Gasteiger partial charge < -0.3 is 14.6 Å². The second-order valence-electron chi connectivity index (χ2n) is 12.7. The number of fused-ring (bicyclic) bond motifs is 1. The number of nitrogens with zero attached hydrogens (tertiary/aromatic N) is 3. The Labute approximate surface area is 275 Å². The molecule has 13 heteroatoms. The van der Waals surface area contributed by atoms with E-state index < -0.39 is 49.9 Å². The van der Waals surface area contributed by atoms with E-state index in [9.17, 15) is 31.6 Å². The first-order chi connectivity index (χ1) is 22.8. The Morgan fingerprint density at radius 1 is 1.02 bits per heavy atom. The third-order valence-corrected chi connectivity index (χ3v) is 12.1. The number of nitrogens with one attached hydrogen (secondary N) is 1. The van der Waals surface area contributed by atoms with Crippen molar-refractivity contribution in [1.82, 2.24) is 13.9 Å². The molecule has 7 rings (SSSR count). The molecular formula is C35H32F2N4O6S. The van der Waals surface area contributed by atoms with Crippen LogP contribution in [0.15, 0.2) is 83.5 Å². The second kappa shape index (κ2) is 11.3. The Hall–Kier alpha value is -5.04. The van der Waals surface area contributed by atoms with Gasteiger partial charge in [0.1, 0.15) is 27.9 Å². The fraction of sp³-hybridized carbons (Fsp3) is 0.286. The minimum atomic E-state index is -4.18. The number of carbonyl (C=O) groups excluding carboxylic acids is 2. The number of anilines is 1. The largest absolute Gasteiger partial charge is 0.454 e. The predicted octanol–water partition coefficient (Wildman–Crippen LogP) is 6.48. The number of imide groups is 1. The topological polar surface area (TPSA) is 122 Å². The average molecular weight is 675 g/mol. The zero-order valence-corrected chi connectivity index (χ0v) is 27.2. The lowest BCUT2D eigenvalue weighted by molar-refractivity contribution is -0.119. The Bertz CT molecular complexity index is 2250. The van der Waals surface area contributed by atoms with Crippen LogP contribution in [0.5, 0.6) is 11.5 Å². The van der Waals surface area contributed by atoms with Crippen LogP contribution in [0, 0.1) is 17.6 Å². The normalized spacial score (nSPS) is 21.4. The number of H-pyrrole nitrogens is 1. The highest BCUT2D eigenvalue weighted by atomic mass is 32.2. The molecule has 0 spiro atoms. The molecule has 2 aliphatic carbocycles. The van der Waals surface area contributed by atoms with Crippen LogP contribution in [0.3, 0.4) is 0 Å². The molecule has 3 aliphatic rings. The summed E-state index contributed by atoms with van der Waals surface area (Å²) in [6.07, 6.45) is 10.1. The maximum absolute atomic E-state index is 14.8. The highest BCUT2D eigenvalue weighted by molar-refractivity contribution is 7.91. The van der Waals surface area contributed by atoms with E-state index >= 15 is 0 Å². The van der Waals surface area contributed by atoms with Gasteiger partial charge in [-0.15, -0.1) is 0 Å². The zero-order valence-electron chi connectivity index (χ0n) is 26.4. The Morgan fingerprint density at radius 3 is 2.48 bits per heavy atom. The average Bonchev–Trinajstić information content (AvgIpc) is 3.71. The summed E-state index contributed by atoms with van der Waals surface area (Å²) in [6.45, 7) is 5.46. The van der Waals surface area contributed by atoms with Gasteiger partial charge in [0.2, 0.25) is 10.0 Å². The van der Waals surface area contributed by atoms with Gasteiger partial charge in [0, 0.05) is 41.5 Å². The van der Waals surface area contributed by atoms with Crippen molar-refractivity contribution in [1.29, 1.82) is 0 Å². The summed E-state index contributed by atoms with van der Waals surface area (Å²) in [4.78, 5) is 45.6. The van der Waals surface area contributed by atoms with Crippen molar-refractivity contribution in [3.05, 3.63) is 101 Å². The van der Waals surface area contributed by atoms with Gasteiger partial charge in [-0.1, -0.05) is 23.8 Å². The molecule has 1 N–H and O–H groups in total. The molecule has 3 heterocycles. The highest BCUT2D eigenvalue weighted by Gasteiger charge is 2.46. The summed E-state index contributed by atoms with van der Waals surface area (Å²) in [5.74, 6) is -2.11. The molecule has 3 amide bonds. The van der Waals surface area contributed by atoms with E-state index in [0.29, 0.717) is 24.1 Å². The molecule has 2 aromatic carbocycles. The maximum atomic E-state index is 14.8. The van der Waals surface area contributed by atoms with Gasteiger partial charge in [0.15, 0.2) is 11.6 Å². The Balaban J connectivity index is 1.40. The van der Waals surface area contributed by atoms with E-state index in [0.717, 1.165) is 33.8 Å². The van der Waals surface area contributed by atoms with Crippen LogP contribution in [0.25, 0.3) is 22.0 Å². The predicted molar refractivity (Wildman–Crippen MR) is 176 cm³/mol. The van der Waals surface area contributed by atoms with E-state index in [1.165, 1.54) is 36.7 Å². The van der Waals surface area contributed by atoms with E-state index in [4.69, 9.17) is 4.74 Å². The summed E-state index contributed by atoms with van der Waals surface area (Å²) < 4.78 is 62.4. The number of carbonyl (C=O) groups is 2. The number of aromatic nitrogens is 2. The third kappa shape index (κ3) is 4.95. The van der Waals surface area contributed by atoms with E-state index in [-0.39, 0.29) is 45.6 Å². The summed E-state index contributed by atoms with van der Waals surface area (Å²) >= 11 is 0. The Kier molecular flexibility index (Phi) is 7.42. The molecule has 1 saturated heterocycles. The minimum absolute atomic E-state index is 0.0401. The first kappa shape index (κ1) is 31.6. The van der Waals surface area contributed by atoms with Gasteiger partial charge in [-0.2, -0.15) is 0 Å². The number of allylic oxidation sites excluding steroid dienone is 3. The molecule has 4 aromatic rings. The standard InChI is InChI=1S/C35H32F2N4O6S/c1-20-6-4-5-14-35(20,3)48(45,46)40-15-13-25-27(18-38-32(42)31(25)40)26-17-24(10-12-29(26)47-30-11-9-23(36)16-28(30)37)41-33(43)21(2)39(34(41)44)19-22-7-8-22/h4-6,9-13,15-18,21-22H,7-8,14,19H2,1-3H3,(H,38,42)/t21-,35?/m0/s1. The lowest BCUT2D eigenvalue weighted by atomic mass is 9.94. The number of benzene rings is 2. The minimum Gasteiger partial charge on any atom is -0.454 e. The van der Waals surface area contributed by atoms with Gasteiger partial charge in [-0.25, -0.2) is 30.9 Å². The van der Waals surface area contributed by atoms with Gasteiger partial charge in [-0.05, 0) is 82.3 Å². The van der Waals surface area contributed by atoms with Crippen molar-refractivity contribution in [3.8, 4) is 22.6 Å². The molecule has 48 heavy (non-hydrogen) atoms. The molecule has 1 aliphatic heterocycles. The summed E-state index contributed by atoms with van der Waals surface area (Å²) in [7, 11) is -4.18. The van der Waals surface area contributed by atoms with Crippen LogP contribution in [0.4, 0.5) is 19.3 Å². The molecular weight excluding hydrogens is 642 g/mol. The first-order valence-electron chi connectivity index (χ1n) is 15.6. The quantitative estimate of drug-likeness (QED) is 0.214. The van der Waals surface area contributed by atoms with E-state index in [2.05, 4.69) is 4.98 Å². The number of hydrogen-bond acceptors (Lipinski definition) is 6. The van der Waals surface area contributed by atoms with Crippen LogP contribution in [-0.2, 0) is 14.8 Å². The number of aromatic amines is 1. The van der Waals surface area contributed by atoms with Crippen LogP contribution in [0.2, 0.25) is 0 Å². The number of ether oxygens (including phenoxy) is 1. The number of halogens is 2. The number of rotatable bonds is 8. The molecule has 1 saturated carbocycles. The molecule has 248 valence electrons. The summed E-state index contributed by atoms with van der Waals surface area (Å²) in [5, 5.41) is 0.225. The van der Waals surface area contributed by atoms with Gasteiger partial charge >= 0.3 is 6.03 Å². The number of pyridine rings is 1. The monoisotopic (exact) mass is 674 g/mol. The van der Waals surface area contributed by atoms with Crippen LogP contribution < -0.4 is 15.2 Å². The maximum Gasteiger partial charge on any atom is 0.332 e. The SMILES string of the molecule is CC1=CC=CCC1(C)S(=O)(=O)n1ccc2c(-c3cc(N4C(=O)[C@H](C)N(CC5CC5)C4=O)ccc3Oc3ccc(F)cc3F)c[nH]c(=O)c21. The fourth-order valence-electron chi connectivity index (χ4n) is 6.32. The molecule has 2 fully saturated rings. The zero-order chi connectivity index (χ0) is 34.1. The van der Waals surface area contributed by atoms with Crippen molar-refractivity contribution < 1.29 is 31.5 Å². The molecule has 2 atom stereocenters. The molecule has 0 radical (unpaired) electrons. The Morgan fingerprint density at radius 2 is 1.77 bits per heavy atom. The van der Waals surface area contributed by atoms with Gasteiger partial charge in [0.05, 0.1) is 5.69 Å². The van der Waals surface area contributed by atoms with Crippen molar-refractivity contribution in [3.63, 3.8) is 0 Å². The summed E-state index contributed by atoms with van der Waals surface area (Å²) in [6, 6.07) is 7.56. The first-order valence-corrected chi connectivity index (χ1v) is 17.0. The van der Waals surface area contributed by atoms with Gasteiger partial charge in [-0.3, -0.25) is 9.59 Å². The van der Waals surface area contributed by atoms with Crippen molar-refractivity contribution in [2.75, 3.05) is 11.4 Å². The van der Waals surface area contributed by atoms with Gasteiger partial charge in [0.25, 0.3) is 11.5 Å². The summed E-state index contributed by atoms with van der Waals surface area (Å²) in [5.41, 5.74) is 0.472. The molecule has 2 aromatic heterocycles. The second-order valence-corrected chi connectivity index (χ2v) is 15.0. The van der Waals surface area contributed by atoms with Crippen LogP contribution >= 0.6 is 0 Å². The van der Waals surface area contributed by atoms with E-state index in [1.807, 2.05) is 0 Å². The number of hydrogen-bond donors (Lipinski definition) is 1.